The summed E-state index contributed by atoms with van der Waals surface area (Å²) in [6.45, 7) is 8.38. The number of aryl methyl sites for hydroxylation is 1. The molecule has 0 bridgehead atoms. The van der Waals surface area contributed by atoms with E-state index >= 15 is 0 Å². The Labute approximate surface area is 236 Å². The van der Waals surface area contributed by atoms with Gasteiger partial charge < -0.3 is 5.32 Å². The van der Waals surface area contributed by atoms with Gasteiger partial charge in [-0.1, -0.05) is 53.7 Å². The van der Waals surface area contributed by atoms with Gasteiger partial charge in [-0.15, -0.1) is 0 Å². The lowest BCUT2D eigenvalue weighted by Crippen LogP contribution is -2.39. The minimum Gasteiger partial charge on any atom is -0.370 e. The molecule has 2 aromatic heterocycles. The Morgan fingerprint density at radius 3 is 3.00 bits per heavy atom. The van der Waals surface area contributed by atoms with Gasteiger partial charge in [-0.25, -0.2) is 4.98 Å². The molecule has 1 fully saturated rings. The van der Waals surface area contributed by atoms with Crippen molar-refractivity contribution in [1.29, 1.82) is 0 Å². The van der Waals surface area contributed by atoms with Crippen LogP contribution in [0, 0.1) is 25.0 Å². The van der Waals surface area contributed by atoms with E-state index in [1.54, 1.807) is 12.3 Å². The Morgan fingerprint density at radius 2 is 2.19 bits per heavy atom. The van der Waals surface area contributed by atoms with Gasteiger partial charge >= 0.3 is 0 Å². The molecule has 190 valence electrons. The molecule has 5 nitrogen and oxygen atoms in total. The topological polar surface area (TPSA) is 45.5 Å². The maximum atomic E-state index is 6.41. The van der Waals surface area contributed by atoms with Crippen molar-refractivity contribution in [3.63, 3.8) is 0 Å². The summed E-state index contributed by atoms with van der Waals surface area (Å²) in [6, 6.07) is 20.2. The van der Waals surface area contributed by atoms with Crippen LogP contribution >= 0.6 is 39.3 Å². The van der Waals surface area contributed by atoms with Crippen LogP contribution in [-0.2, 0) is 0 Å². The van der Waals surface area contributed by atoms with Crippen molar-refractivity contribution in [2.45, 2.75) is 31.6 Å². The fourth-order valence-electron chi connectivity index (χ4n) is 4.69. The molecule has 1 atom stereocenters. The summed E-state index contributed by atoms with van der Waals surface area (Å²) >= 11 is 11.9. The first-order valence-corrected chi connectivity index (χ1v) is 14.5. The molecule has 1 aliphatic rings. The lowest BCUT2D eigenvalue weighted by Gasteiger charge is -2.33. The first-order chi connectivity index (χ1) is 18.0. The van der Waals surface area contributed by atoms with E-state index in [0.717, 1.165) is 53.4 Å². The standard InChI is InChI=1S/C29H29BrClN5S/c1-3-22(37-27-13-7-4-9-20(27)2)19-35-14-8-10-21(18-35)16-32-28-15-26(23-11-5-6-12-25(23)31)34-29-24(30)17-33-36(28)29/h3-5,7,9,11,13,15,17,21,32H,8,10,14,16,18-19H2,1-2H3/b22-3+. The van der Waals surface area contributed by atoms with Crippen LogP contribution in [-0.4, -0.2) is 45.7 Å². The third-order valence-electron chi connectivity index (χ3n) is 6.67. The van der Waals surface area contributed by atoms with E-state index < -0.39 is 0 Å². The molecule has 5 rings (SSSR count). The first-order valence-electron chi connectivity index (χ1n) is 12.5. The van der Waals surface area contributed by atoms with E-state index in [4.69, 9.17) is 16.6 Å². The number of thioether (sulfide) groups is 1. The number of halogens is 2. The third-order valence-corrected chi connectivity index (χ3v) is 8.83. The van der Waals surface area contributed by atoms with Crippen molar-refractivity contribution in [1.82, 2.24) is 19.5 Å². The Hall–Kier alpha value is -2.50. The van der Waals surface area contributed by atoms with Gasteiger partial charge in [0, 0.05) is 36.2 Å². The number of rotatable bonds is 8. The summed E-state index contributed by atoms with van der Waals surface area (Å²) < 4.78 is 2.69. The van der Waals surface area contributed by atoms with Crippen molar-refractivity contribution >= 4 is 50.8 Å². The van der Waals surface area contributed by atoms with Crippen LogP contribution < -0.4 is 5.32 Å². The van der Waals surface area contributed by atoms with Crippen LogP contribution in [0.1, 0.15) is 25.3 Å². The zero-order chi connectivity index (χ0) is 25.8. The molecule has 8 heteroatoms. The molecule has 37 heavy (non-hydrogen) atoms. The third kappa shape index (κ3) is 6.15. The number of nitrogens with one attached hydrogen (secondary N) is 1. The normalized spacial score (nSPS) is 16.6. The maximum Gasteiger partial charge on any atom is 0.172 e. The van der Waals surface area contributed by atoms with Gasteiger partial charge in [-0.3, -0.25) is 4.90 Å². The van der Waals surface area contributed by atoms with E-state index in [0.29, 0.717) is 10.9 Å². The molecule has 0 amide bonds. The van der Waals surface area contributed by atoms with E-state index in [1.165, 1.54) is 28.2 Å². The number of hydrogen-bond donors (Lipinski definition) is 1. The largest absolute Gasteiger partial charge is 0.370 e. The van der Waals surface area contributed by atoms with Crippen molar-refractivity contribution in [3.05, 3.63) is 86.8 Å². The number of nitrogens with zero attached hydrogens (tertiary/aromatic N) is 4. The number of hydrogen-bond acceptors (Lipinski definition) is 5. The summed E-state index contributed by atoms with van der Waals surface area (Å²) in [5, 5.41) is 8.70. The zero-order valence-electron chi connectivity index (χ0n) is 21.0. The molecule has 0 radical (unpaired) electrons. The van der Waals surface area contributed by atoms with Crippen LogP contribution in [0.25, 0.3) is 16.9 Å². The molecule has 1 aliphatic heterocycles. The molecule has 1 unspecified atom stereocenters. The summed E-state index contributed by atoms with van der Waals surface area (Å²) in [5.41, 5.74) is 3.68. The number of likely N-dealkylation sites (tertiary alicyclic amines) is 1. The van der Waals surface area contributed by atoms with Gasteiger partial charge in [0.1, 0.15) is 10.8 Å². The van der Waals surface area contributed by atoms with Crippen molar-refractivity contribution in [3.8, 4) is 11.3 Å². The molecule has 4 aromatic rings. The molecule has 2 aromatic carbocycles. The number of benzene rings is 1. The van der Waals surface area contributed by atoms with Crippen LogP contribution in [0.15, 0.2) is 69.0 Å². The van der Waals surface area contributed by atoms with Crippen LogP contribution in [0.3, 0.4) is 0 Å². The Bertz CT molecular complexity index is 1420. The smallest absolute Gasteiger partial charge is 0.172 e. The van der Waals surface area contributed by atoms with Gasteiger partial charge in [0.05, 0.1) is 16.4 Å². The number of fused-ring (bicyclic) bond motifs is 1. The number of piperidine rings is 1. The van der Waals surface area contributed by atoms with Crippen LogP contribution in [0.5, 0.6) is 0 Å². The SMILES string of the molecule is C/C=C(\CN1CCCC(CNc2cc(-c3ccc#cc3Cl)nc3c(Br)cnn23)C1)Sc1ccccc1C. The predicted molar refractivity (Wildman–Crippen MR) is 157 cm³/mol. The second-order valence-electron chi connectivity index (χ2n) is 9.33. The van der Waals surface area contributed by atoms with Gasteiger partial charge in [0.15, 0.2) is 5.65 Å². The van der Waals surface area contributed by atoms with Crippen molar-refractivity contribution in [2.24, 2.45) is 5.92 Å². The molecular formula is C29H29BrClN5S. The Balaban J connectivity index is 1.27. The average Bonchev–Trinajstić information content (AvgIpc) is 3.29. The molecule has 0 aliphatic carbocycles. The summed E-state index contributed by atoms with van der Waals surface area (Å²) in [7, 11) is 0. The lowest BCUT2D eigenvalue weighted by atomic mass is 9.98. The highest BCUT2D eigenvalue weighted by Gasteiger charge is 2.22. The molecule has 0 saturated carbocycles. The molecule has 1 N–H and O–H groups in total. The minimum atomic E-state index is 0.507. The highest BCUT2D eigenvalue weighted by Crippen LogP contribution is 2.32. The number of aromatic nitrogens is 3. The Morgan fingerprint density at radius 1 is 1.32 bits per heavy atom. The number of anilines is 1. The Kier molecular flexibility index (Phi) is 8.41. The molecule has 3 heterocycles. The predicted octanol–water partition coefficient (Wildman–Crippen LogP) is 7.54. The van der Waals surface area contributed by atoms with Gasteiger partial charge in [0.2, 0.25) is 0 Å². The fourth-order valence-corrected chi connectivity index (χ4v) is 6.28. The van der Waals surface area contributed by atoms with Crippen molar-refractivity contribution < 1.29 is 0 Å². The quantitative estimate of drug-likeness (QED) is 0.214. The summed E-state index contributed by atoms with van der Waals surface area (Å²) in [4.78, 5) is 10.1. The van der Waals surface area contributed by atoms with Crippen molar-refractivity contribution in [2.75, 3.05) is 31.5 Å². The van der Waals surface area contributed by atoms with E-state index in [1.807, 2.05) is 28.4 Å². The van der Waals surface area contributed by atoms with Gasteiger partial charge in [-0.05, 0) is 89.8 Å². The highest BCUT2D eigenvalue weighted by atomic mass is 79.9. The van der Waals surface area contributed by atoms with Gasteiger partial charge in [-0.2, -0.15) is 9.61 Å². The van der Waals surface area contributed by atoms with Crippen LogP contribution in [0.4, 0.5) is 5.82 Å². The van der Waals surface area contributed by atoms with E-state index in [2.05, 4.69) is 87.6 Å². The maximum absolute atomic E-state index is 6.41. The highest BCUT2D eigenvalue weighted by molar-refractivity contribution is 9.10. The summed E-state index contributed by atoms with van der Waals surface area (Å²) in [5.74, 6) is 1.44. The summed E-state index contributed by atoms with van der Waals surface area (Å²) in [6.07, 6.45) is 6.44. The average molecular weight is 595 g/mol. The first kappa shape index (κ1) is 26.1. The monoisotopic (exact) mass is 593 g/mol. The van der Waals surface area contributed by atoms with E-state index in [9.17, 15) is 0 Å². The van der Waals surface area contributed by atoms with E-state index in [-0.39, 0.29) is 0 Å². The minimum absolute atomic E-state index is 0.507. The second-order valence-corrected chi connectivity index (χ2v) is 11.7. The second kappa shape index (κ2) is 11.9. The van der Waals surface area contributed by atoms with Gasteiger partial charge in [0.25, 0.3) is 0 Å². The fraction of sp³-hybridized carbons (Fsp3) is 0.310. The lowest BCUT2D eigenvalue weighted by molar-refractivity contribution is 0.196. The molecule has 1 saturated heterocycles. The number of allylic oxidation sites excluding steroid dienone is 1. The molecule has 0 spiro atoms. The zero-order valence-corrected chi connectivity index (χ0v) is 24.1. The molecular weight excluding hydrogens is 566 g/mol. The van der Waals surface area contributed by atoms with Crippen LogP contribution in [0.2, 0.25) is 5.02 Å².